The van der Waals surface area contributed by atoms with Gasteiger partial charge in [0.2, 0.25) is 0 Å². The van der Waals surface area contributed by atoms with Crippen molar-refractivity contribution in [3.05, 3.63) is 65.4 Å². The molecular weight excluding hydrogens is 434 g/mol. The van der Waals surface area contributed by atoms with E-state index < -0.39 is 0 Å². The molecule has 0 spiro atoms. The van der Waals surface area contributed by atoms with E-state index in [0.717, 1.165) is 44.3 Å². The summed E-state index contributed by atoms with van der Waals surface area (Å²) >= 11 is 0. The summed E-state index contributed by atoms with van der Waals surface area (Å²) in [7, 11) is 4.75. The van der Waals surface area contributed by atoms with E-state index in [4.69, 9.17) is 16.6 Å². The van der Waals surface area contributed by atoms with Crippen molar-refractivity contribution in [1.82, 2.24) is 20.2 Å². The Bertz CT molecular complexity index is 1000. The fourth-order valence-corrected chi connectivity index (χ4v) is 3.18. The zero-order valence-electron chi connectivity index (χ0n) is 20.2. The van der Waals surface area contributed by atoms with Crippen LogP contribution < -0.4 is 22.1 Å². The fraction of sp³-hybridized carbons (Fsp3) is 0.333. The SMILES string of the molecule is CNC.CO.Cc1ncc(NC(=O)N2CCCC2)cc1/C(N)=C/C(=C\N)c1ccnc(C=O)c1. The van der Waals surface area contributed by atoms with Crippen molar-refractivity contribution in [2.24, 2.45) is 11.5 Å². The normalized spacial score (nSPS) is 13.3. The molecule has 0 aliphatic carbocycles. The number of urea groups is 1. The van der Waals surface area contributed by atoms with Crippen LogP contribution >= 0.6 is 0 Å². The summed E-state index contributed by atoms with van der Waals surface area (Å²) in [6.07, 6.45) is 8.99. The van der Waals surface area contributed by atoms with Gasteiger partial charge in [-0.1, -0.05) is 0 Å². The maximum atomic E-state index is 12.3. The minimum atomic E-state index is -0.137. The molecule has 2 aromatic heterocycles. The van der Waals surface area contributed by atoms with Crippen molar-refractivity contribution in [3.8, 4) is 0 Å². The first kappa shape index (κ1) is 28.3. The third-order valence-electron chi connectivity index (χ3n) is 4.77. The first-order chi connectivity index (χ1) is 16.4. The molecule has 0 bridgehead atoms. The van der Waals surface area contributed by atoms with Gasteiger partial charge in [0.05, 0.1) is 11.9 Å². The van der Waals surface area contributed by atoms with Crippen LogP contribution in [0.1, 0.15) is 40.2 Å². The second-order valence-corrected chi connectivity index (χ2v) is 7.29. The third kappa shape index (κ3) is 8.30. The highest BCUT2D eigenvalue weighted by atomic mass is 16.2. The molecule has 2 amide bonds. The number of aromatic nitrogens is 2. The highest BCUT2D eigenvalue weighted by Crippen LogP contribution is 2.23. The number of pyridine rings is 2. The molecule has 1 fully saturated rings. The number of nitrogens with two attached hydrogens (primary N) is 2. The summed E-state index contributed by atoms with van der Waals surface area (Å²) < 4.78 is 0. The van der Waals surface area contributed by atoms with Crippen LogP contribution in [0.4, 0.5) is 10.5 Å². The zero-order valence-corrected chi connectivity index (χ0v) is 20.2. The van der Waals surface area contributed by atoms with Crippen molar-refractivity contribution in [1.29, 1.82) is 0 Å². The predicted octanol–water partition coefficient (Wildman–Crippen LogP) is 1.97. The van der Waals surface area contributed by atoms with E-state index >= 15 is 0 Å². The van der Waals surface area contributed by atoms with Crippen LogP contribution in [0.5, 0.6) is 0 Å². The molecule has 184 valence electrons. The van der Waals surface area contributed by atoms with Crippen LogP contribution in [-0.4, -0.2) is 66.6 Å². The Morgan fingerprint density at radius 2 is 1.82 bits per heavy atom. The van der Waals surface area contributed by atoms with E-state index in [-0.39, 0.29) is 6.03 Å². The maximum absolute atomic E-state index is 12.3. The number of aliphatic hydroxyl groups excluding tert-OH is 1. The smallest absolute Gasteiger partial charge is 0.321 e. The summed E-state index contributed by atoms with van der Waals surface area (Å²) in [4.78, 5) is 33.4. The molecule has 0 unspecified atom stereocenters. The molecular formula is C24H35N7O3. The summed E-state index contributed by atoms with van der Waals surface area (Å²) in [6.45, 7) is 3.36. The number of hydrogen-bond acceptors (Lipinski definition) is 8. The van der Waals surface area contributed by atoms with Gasteiger partial charge in [-0.2, -0.15) is 0 Å². The Hall–Kier alpha value is -3.76. The van der Waals surface area contributed by atoms with E-state index in [2.05, 4.69) is 20.6 Å². The first-order valence-electron chi connectivity index (χ1n) is 10.8. The Morgan fingerprint density at radius 1 is 1.18 bits per heavy atom. The second kappa shape index (κ2) is 15.1. The lowest BCUT2D eigenvalue weighted by atomic mass is 10.0. The third-order valence-corrected chi connectivity index (χ3v) is 4.77. The van der Waals surface area contributed by atoms with Crippen LogP contribution in [0.2, 0.25) is 0 Å². The van der Waals surface area contributed by atoms with Gasteiger partial charge < -0.3 is 32.1 Å². The average molecular weight is 470 g/mol. The van der Waals surface area contributed by atoms with Crippen LogP contribution in [0, 0.1) is 6.92 Å². The van der Waals surface area contributed by atoms with Crippen LogP contribution in [-0.2, 0) is 0 Å². The van der Waals surface area contributed by atoms with Crippen LogP contribution in [0.15, 0.2) is 42.9 Å². The van der Waals surface area contributed by atoms with Gasteiger partial charge in [-0.05, 0) is 69.3 Å². The molecule has 0 aromatic carbocycles. The molecule has 1 aliphatic rings. The van der Waals surface area contributed by atoms with E-state index in [1.165, 1.54) is 12.4 Å². The number of nitrogens with zero attached hydrogens (tertiary/aromatic N) is 3. The van der Waals surface area contributed by atoms with Crippen molar-refractivity contribution >= 4 is 29.3 Å². The average Bonchev–Trinajstić information content (AvgIpc) is 3.40. The van der Waals surface area contributed by atoms with Crippen molar-refractivity contribution in [3.63, 3.8) is 0 Å². The number of hydrogen-bond donors (Lipinski definition) is 5. The summed E-state index contributed by atoms with van der Waals surface area (Å²) in [5, 5.41) is 12.6. The molecule has 10 nitrogen and oxygen atoms in total. The number of amides is 2. The van der Waals surface area contributed by atoms with Crippen molar-refractivity contribution in [2.75, 3.05) is 39.6 Å². The molecule has 10 heteroatoms. The van der Waals surface area contributed by atoms with Gasteiger partial charge in [-0.3, -0.25) is 14.8 Å². The molecule has 1 aliphatic heterocycles. The molecule has 34 heavy (non-hydrogen) atoms. The number of nitrogens with one attached hydrogen (secondary N) is 2. The number of carbonyl (C=O) groups excluding carboxylic acids is 2. The molecule has 1 saturated heterocycles. The van der Waals surface area contributed by atoms with Crippen LogP contribution in [0.3, 0.4) is 0 Å². The minimum absolute atomic E-state index is 0.137. The minimum Gasteiger partial charge on any atom is -0.404 e. The lowest BCUT2D eigenvalue weighted by Crippen LogP contribution is -2.32. The first-order valence-corrected chi connectivity index (χ1v) is 10.8. The van der Waals surface area contributed by atoms with Crippen molar-refractivity contribution < 1.29 is 14.7 Å². The number of aliphatic hydroxyl groups is 1. The van der Waals surface area contributed by atoms with Gasteiger partial charge in [0, 0.05) is 49.6 Å². The molecule has 0 atom stereocenters. The molecule has 0 saturated carbocycles. The second-order valence-electron chi connectivity index (χ2n) is 7.29. The number of aryl methyl sites for hydroxylation is 1. The number of allylic oxidation sites excluding steroid dienone is 2. The van der Waals surface area contributed by atoms with E-state index in [1.807, 2.05) is 21.0 Å². The lowest BCUT2D eigenvalue weighted by molar-refractivity contribution is 0.111. The number of aldehydes is 1. The molecule has 0 radical (unpaired) electrons. The van der Waals surface area contributed by atoms with E-state index in [0.29, 0.717) is 34.5 Å². The molecule has 2 aromatic rings. The summed E-state index contributed by atoms with van der Waals surface area (Å²) in [5.41, 5.74) is 16.2. The number of rotatable bonds is 5. The van der Waals surface area contributed by atoms with Gasteiger partial charge >= 0.3 is 6.03 Å². The number of anilines is 1. The Kier molecular flexibility index (Phi) is 12.6. The van der Waals surface area contributed by atoms with Gasteiger partial charge in [-0.15, -0.1) is 0 Å². The van der Waals surface area contributed by atoms with Gasteiger partial charge in [0.25, 0.3) is 0 Å². The Labute approximate surface area is 200 Å². The molecule has 7 N–H and O–H groups in total. The maximum Gasteiger partial charge on any atom is 0.321 e. The topological polar surface area (TPSA) is 159 Å². The lowest BCUT2D eigenvalue weighted by Gasteiger charge is -2.17. The highest BCUT2D eigenvalue weighted by molar-refractivity contribution is 5.90. The molecule has 3 rings (SSSR count). The molecule has 3 heterocycles. The standard InChI is InChI=1S/C21H24N6O2.C2H7N.CH4O/c1-14-19(10-17(12-25-14)26-21(29)27-6-2-3-7-27)20(23)9-16(11-22)15-4-5-24-18(8-15)13-28;1-3-2;1-2/h4-5,8-13H,2-3,6-7,22-23H2,1H3,(H,26,29);3H,1-2H3;2H,1H3/b16-11+,20-9-;;. The number of likely N-dealkylation sites (tertiary alicyclic amines) is 1. The largest absolute Gasteiger partial charge is 0.404 e. The Balaban J connectivity index is 0.00000107. The van der Waals surface area contributed by atoms with Gasteiger partial charge in [0.1, 0.15) is 5.69 Å². The number of carbonyl (C=O) groups is 2. The highest BCUT2D eigenvalue weighted by Gasteiger charge is 2.18. The van der Waals surface area contributed by atoms with Crippen molar-refractivity contribution in [2.45, 2.75) is 19.8 Å². The van der Waals surface area contributed by atoms with E-state index in [9.17, 15) is 9.59 Å². The van der Waals surface area contributed by atoms with Gasteiger partial charge in [-0.25, -0.2) is 4.79 Å². The predicted molar refractivity (Wildman–Crippen MR) is 136 cm³/mol. The Morgan fingerprint density at radius 3 is 2.41 bits per heavy atom. The fourth-order valence-electron chi connectivity index (χ4n) is 3.18. The van der Waals surface area contributed by atoms with Crippen LogP contribution in [0.25, 0.3) is 11.3 Å². The van der Waals surface area contributed by atoms with E-state index in [1.54, 1.807) is 35.4 Å². The monoisotopic (exact) mass is 469 g/mol. The summed E-state index contributed by atoms with van der Waals surface area (Å²) in [6, 6.07) is 5.03. The quantitative estimate of drug-likeness (QED) is 0.328. The summed E-state index contributed by atoms with van der Waals surface area (Å²) in [5.74, 6) is 0. The van der Waals surface area contributed by atoms with Gasteiger partial charge in [0.15, 0.2) is 6.29 Å². The zero-order chi connectivity index (χ0) is 25.5.